The number of benzene rings is 1. The van der Waals surface area contributed by atoms with Crippen molar-refractivity contribution in [1.29, 1.82) is 5.26 Å². The Bertz CT molecular complexity index is 1340. The van der Waals surface area contributed by atoms with Gasteiger partial charge in [-0.05, 0) is 50.5 Å². The highest BCUT2D eigenvalue weighted by molar-refractivity contribution is 7.81. The fourth-order valence-electron chi connectivity index (χ4n) is 3.98. The number of amides is 1. The molecule has 0 aliphatic carbocycles. The molecule has 2 heterocycles. The van der Waals surface area contributed by atoms with Gasteiger partial charge in [-0.1, -0.05) is 32.1 Å². The minimum atomic E-state index is -5.19. The zero-order valence-corrected chi connectivity index (χ0v) is 21.2. The van der Waals surface area contributed by atoms with Crippen LogP contribution in [0.3, 0.4) is 0 Å². The monoisotopic (exact) mass is 534 g/mol. The number of carbonyl (C=O) groups excluding carboxylic acids is 1. The Morgan fingerprint density at radius 2 is 1.86 bits per heavy atom. The van der Waals surface area contributed by atoms with Crippen LogP contribution in [0, 0.1) is 34.8 Å². The van der Waals surface area contributed by atoms with E-state index in [9.17, 15) is 22.4 Å². The molecule has 194 valence electrons. The molecule has 1 saturated heterocycles. The van der Waals surface area contributed by atoms with Crippen LogP contribution < -0.4 is 9.80 Å². The van der Waals surface area contributed by atoms with Crippen LogP contribution in [0.2, 0.25) is 0 Å². The molecule has 0 radical (unpaired) electrons. The van der Waals surface area contributed by atoms with E-state index < -0.39 is 46.1 Å². The molecule has 1 fully saturated rings. The number of carbonyl (C=O) groups is 1. The number of hydrogen-bond donors (Lipinski definition) is 0. The highest BCUT2D eigenvalue weighted by Crippen LogP contribution is 2.41. The zero-order valence-electron chi connectivity index (χ0n) is 20.3. The van der Waals surface area contributed by atoms with Crippen molar-refractivity contribution in [2.24, 2.45) is 0 Å². The first-order valence-corrected chi connectivity index (χ1v) is 11.9. The number of hydrogen-bond acceptors (Lipinski definition) is 4. The Morgan fingerprint density at radius 3 is 2.46 bits per heavy atom. The van der Waals surface area contributed by atoms with Crippen molar-refractivity contribution in [3.8, 4) is 17.9 Å². The molecule has 1 aromatic heterocycles. The molecule has 2 aromatic rings. The maximum Gasteiger partial charge on any atom is 0.420 e. The normalized spacial score (nSPS) is 15.0. The van der Waals surface area contributed by atoms with Crippen molar-refractivity contribution in [1.82, 2.24) is 4.98 Å². The van der Waals surface area contributed by atoms with Gasteiger partial charge in [0.2, 0.25) is 0 Å². The van der Waals surface area contributed by atoms with Crippen molar-refractivity contribution in [2.75, 3.05) is 9.80 Å². The van der Waals surface area contributed by atoms with Crippen LogP contribution in [0.1, 0.15) is 69.7 Å². The zero-order chi connectivity index (χ0) is 27.5. The van der Waals surface area contributed by atoms with Crippen LogP contribution in [0.15, 0.2) is 24.4 Å². The van der Waals surface area contributed by atoms with E-state index in [1.54, 1.807) is 0 Å². The average Bonchev–Trinajstić information content (AvgIpc) is 2.99. The van der Waals surface area contributed by atoms with Crippen LogP contribution in [-0.2, 0) is 11.0 Å². The highest BCUT2D eigenvalue weighted by Gasteiger charge is 2.52. The first-order valence-electron chi connectivity index (χ1n) is 11.5. The number of anilines is 2. The second kappa shape index (κ2) is 10.8. The summed E-state index contributed by atoms with van der Waals surface area (Å²) in [5.41, 5.74) is -5.08. The summed E-state index contributed by atoms with van der Waals surface area (Å²) in [4.78, 5) is 19.1. The summed E-state index contributed by atoms with van der Waals surface area (Å²) in [5, 5.41) is 8.64. The summed E-state index contributed by atoms with van der Waals surface area (Å²) in [6.07, 6.45) is 0.726. The quantitative estimate of drug-likeness (QED) is 0.184. The van der Waals surface area contributed by atoms with Crippen molar-refractivity contribution >= 4 is 34.6 Å². The predicted octanol–water partition coefficient (Wildman–Crippen LogP) is 6.49. The third-order valence-electron chi connectivity index (χ3n) is 5.88. The highest BCUT2D eigenvalue weighted by atomic mass is 32.1. The second-order valence-corrected chi connectivity index (χ2v) is 9.25. The lowest BCUT2D eigenvalue weighted by Crippen LogP contribution is -2.44. The number of nitrogens with zero attached hydrogens (tertiary/aromatic N) is 4. The fourth-order valence-corrected chi connectivity index (χ4v) is 4.49. The Balaban J connectivity index is 1.97. The van der Waals surface area contributed by atoms with Crippen molar-refractivity contribution in [3.05, 3.63) is 52.9 Å². The van der Waals surface area contributed by atoms with E-state index in [4.69, 9.17) is 17.5 Å². The Morgan fingerprint density at radius 1 is 1.16 bits per heavy atom. The molecule has 1 aliphatic rings. The lowest BCUT2D eigenvalue weighted by molar-refractivity contribution is -0.140. The first-order chi connectivity index (χ1) is 17.4. The Labute approximate surface area is 216 Å². The van der Waals surface area contributed by atoms with Crippen molar-refractivity contribution in [2.45, 2.75) is 64.6 Å². The number of pyridine rings is 1. The minimum Gasteiger partial charge on any atom is -0.302 e. The predicted molar refractivity (Wildman–Crippen MR) is 133 cm³/mol. The summed E-state index contributed by atoms with van der Waals surface area (Å²) in [5.74, 6) is 2.12. The smallest absolute Gasteiger partial charge is 0.302 e. The van der Waals surface area contributed by atoms with Gasteiger partial charge in [0.05, 0.1) is 29.2 Å². The Hall–Kier alpha value is -3.57. The number of nitriles is 1. The number of rotatable bonds is 6. The molecule has 0 bridgehead atoms. The summed E-state index contributed by atoms with van der Waals surface area (Å²) >= 11 is 5.35. The second-order valence-electron chi connectivity index (χ2n) is 8.88. The van der Waals surface area contributed by atoms with Gasteiger partial charge < -0.3 is 4.90 Å². The molecule has 3 rings (SSSR count). The fraction of sp³-hybridized carbons (Fsp3) is 0.385. The minimum absolute atomic E-state index is 0.0435. The van der Waals surface area contributed by atoms with Crippen molar-refractivity contribution in [3.63, 3.8) is 0 Å². The molecule has 0 spiro atoms. The molecular weight excluding hydrogens is 511 g/mol. The SMILES string of the molecule is CCCCCCC#Cc1ncc(N2C(=S)N(c3ccc(C#N)c(C(F)(F)F)c3F)C(=O)C2(C)C)cc1F. The molecule has 5 nitrogen and oxygen atoms in total. The van der Waals surface area contributed by atoms with Gasteiger partial charge in [0.15, 0.2) is 16.7 Å². The Kier molecular flexibility index (Phi) is 8.19. The third-order valence-corrected chi connectivity index (χ3v) is 6.25. The number of alkyl halides is 3. The molecule has 1 amide bonds. The van der Waals surface area contributed by atoms with E-state index in [1.807, 2.05) is 0 Å². The summed E-state index contributed by atoms with van der Waals surface area (Å²) in [6, 6.07) is 4.02. The summed E-state index contributed by atoms with van der Waals surface area (Å²) < 4.78 is 70.4. The number of aromatic nitrogens is 1. The van der Waals surface area contributed by atoms with Gasteiger partial charge in [0.25, 0.3) is 5.91 Å². The number of thiocarbonyl (C=S) groups is 1. The maximum atomic E-state index is 15.1. The topological polar surface area (TPSA) is 60.2 Å². The molecule has 0 unspecified atom stereocenters. The van der Waals surface area contributed by atoms with Crippen LogP contribution in [0.4, 0.5) is 33.3 Å². The van der Waals surface area contributed by atoms with Gasteiger partial charge in [0.1, 0.15) is 16.8 Å². The van der Waals surface area contributed by atoms with Gasteiger partial charge in [-0.25, -0.2) is 13.8 Å². The molecule has 0 saturated carbocycles. The number of halogens is 5. The molecule has 11 heteroatoms. The first kappa shape index (κ1) is 28.0. The van der Waals surface area contributed by atoms with Crippen LogP contribution in [0.25, 0.3) is 0 Å². The summed E-state index contributed by atoms with van der Waals surface area (Å²) in [7, 11) is 0. The maximum absolute atomic E-state index is 15.1. The van der Waals surface area contributed by atoms with Gasteiger partial charge >= 0.3 is 6.18 Å². The summed E-state index contributed by atoms with van der Waals surface area (Å²) in [6.45, 7) is 4.92. The molecule has 37 heavy (non-hydrogen) atoms. The lowest BCUT2D eigenvalue weighted by atomic mass is 10.0. The molecular formula is C26H23F5N4OS. The van der Waals surface area contributed by atoms with Gasteiger partial charge in [0, 0.05) is 12.5 Å². The van der Waals surface area contributed by atoms with E-state index in [0.29, 0.717) is 11.3 Å². The molecule has 0 N–H and O–H groups in total. The van der Waals surface area contributed by atoms with Crippen LogP contribution in [-0.4, -0.2) is 21.5 Å². The van der Waals surface area contributed by atoms with E-state index in [-0.39, 0.29) is 16.5 Å². The average molecular weight is 535 g/mol. The lowest BCUT2D eigenvalue weighted by Gasteiger charge is -2.29. The standard InChI is InChI=1S/C26H23F5N4OS/c1-4-5-6-7-8-9-10-19-18(27)13-17(15-33-19)35-24(37)34(23(36)25(35,2)3)20-12-11-16(14-32)21(22(20)28)26(29,30)31/h11-13,15H,4-8H2,1-3H3. The van der Waals surface area contributed by atoms with E-state index in [1.165, 1.54) is 31.0 Å². The molecule has 1 aromatic carbocycles. The van der Waals surface area contributed by atoms with Gasteiger partial charge in [-0.2, -0.15) is 18.4 Å². The van der Waals surface area contributed by atoms with Gasteiger partial charge in [-0.3, -0.25) is 9.69 Å². The molecule has 1 aliphatic heterocycles. The molecule has 0 atom stereocenters. The number of unbranched alkanes of at least 4 members (excludes halogenated alkanes) is 4. The van der Waals surface area contributed by atoms with Crippen LogP contribution in [0.5, 0.6) is 0 Å². The largest absolute Gasteiger partial charge is 0.420 e. The van der Waals surface area contributed by atoms with E-state index in [0.717, 1.165) is 43.9 Å². The van der Waals surface area contributed by atoms with Crippen molar-refractivity contribution < 1.29 is 26.7 Å². The third kappa shape index (κ3) is 5.42. The van der Waals surface area contributed by atoms with E-state index >= 15 is 4.39 Å². The van der Waals surface area contributed by atoms with Gasteiger partial charge in [-0.15, -0.1) is 0 Å². The van der Waals surface area contributed by atoms with E-state index in [2.05, 4.69) is 23.7 Å². The van der Waals surface area contributed by atoms with Crippen LogP contribution >= 0.6 is 12.2 Å².